The molecule has 0 atom stereocenters. The normalized spacial score (nSPS) is 12.0. The van der Waals surface area contributed by atoms with Crippen molar-refractivity contribution in [3.63, 3.8) is 0 Å². The fraction of sp³-hybridized carbons (Fsp3) is 0.143. The highest BCUT2D eigenvalue weighted by atomic mass is 32.2. The summed E-state index contributed by atoms with van der Waals surface area (Å²) in [7, 11) is -0.450. The Bertz CT molecular complexity index is 882. The van der Waals surface area contributed by atoms with Crippen LogP contribution in [0.4, 0.5) is 0 Å². The maximum Gasteiger partial charge on any atom is 0.244 e. The number of H-pyrrole nitrogens is 1. The Kier molecular flexibility index (Phi) is 3.81. The summed E-state index contributed by atoms with van der Waals surface area (Å²) in [6.07, 6.45) is 1.47. The van der Waals surface area contributed by atoms with Crippen LogP contribution in [-0.2, 0) is 10.0 Å². The number of rotatable bonds is 4. The minimum absolute atomic E-state index is 0.212. The maximum absolute atomic E-state index is 12.1. The van der Waals surface area contributed by atoms with Crippen LogP contribution in [0.2, 0.25) is 0 Å². The van der Waals surface area contributed by atoms with Gasteiger partial charge < -0.3 is 4.98 Å². The van der Waals surface area contributed by atoms with Crippen molar-refractivity contribution >= 4 is 21.4 Å². The number of benzene rings is 1. The molecular formula is C14H14N4O2S2. The average molecular weight is 334 g/mol. The molecule has 0 saturated heterocycles. The number of nitrogens with one attached hydrogen (secondary N) is 1. The Morgan fingerprint density at radius 1 is 1.09 bits per heavy atom. The Morgan fingerprint density at radius 2 is 1.77 bits per heavy atom. The van der Waals surface area contributed by atoms with Gasteiger partial charge in [-0.1, -0.05) is 41.7 Å². The van der Waals surface area contributed by atoms with E-state index in [1.165, 1.54) is 35.9 Å². The lowest BCUT2D eigenvalue weighted by atomic mass is 10.2. The van der Waals surface area contributed by atoms with Crippen molar-refractivity contribution in [1.82, 2.24) is 19.5 Å². The van der Waals surface area contributed by atoms with E-state index in [1.807, 2.05) is 30.3 Å². The van der Waals surface area contributed by atoms with Gasteiger partial charge in [-0.05, 0) is 6.07 Å². The molecule has 22 heavy (non-hydrogen) atoms. The van der Waals surface area contributed by atoms with Gasteiger partial charge in [0, 0.05) is 25.9 Å². The van der Waals surface area contributed by atoms with E-state index in [4.69, 9.17) is 0 Å². The van der Waals surface area contributed by atoms with Crippen LogP contribution in [0.1, 0.15) is 0 Å². The molecule has 8 heteroatoms. The monoisotopic (exact) mass is 334 g/mol. The van der Waals surface area contributed by atoms with Gasteiger partial charge in [0.2, 0.25) is 10.0 Å². The van der Waals surface area contributed by atoms with E-state index in [-0.39, 0.29) is 4.90 Å². The molecule has 2 aromatic heterocycles. The van der Waals surface area contributed by atoms with Gasteiger partial charge in [0.05, 0.1) is 5.69 Å². The molecule has 3 rings (SSSR count). The Hall–Kier alpha value is -2.03. The molecule has 0 radical (unpaired) electrons. The molecule has 0 spiro atoms. The third-order valence-electron chi connectivity index (χ3n) is 3.11. The predicted molar refractivity (Wildman–Crippen MR) is 86.0 cm³/mol. The Morgan fingerprint density at radius 3 is 2.45 bits per heavy atom. The van der Waals surface area contributed by atoms with E-state index in [0.29, 0.717) is 10.7 Å². The van der Waals surface area contributed by atoms with E-state index in [2.05, 4.69) is 15.2 Å². The molecule has 3 aromatic rings. The van der Waals surface area contributed by atoms with Crippen LogP contribution >= 0.6 is 11.3 Å². The zero-order valence-electron chi connectivity index (χ0n) is 12.0. The average Bonchev–Trinajstić information content (AvgIpc) is 3.17. The summed E-state index contributed by atoms with van der Waals surface area (Å²) in [5.74, 6) is 0. The van der Waals surface area contributed by atoms with Crippen molar-refractivity contribution in [2.45, 2.75) is 4.90 Å². The molecule has 0 saturated carbocycles. The van der Waals surface area contributed by atoms with Crippen molar-refractivity contribution < 1.29 is 8.42 Å². The first-order valence-corrected chi connectivity index (χ1v) is 8.74. The molecule has 114 valence electrons. The quantitative estimate of drug-likeness (QED) is 0.795. The summed E-state index contributed by atoms with van der Waals surface area (Å²) in [5.41, 5.74) is 1.62. The third-order valence-corrected chi connectivity index (χ3v) is 5.91. The lowest BCUT2D eigenvalue weighted by molar-refractivity contribution is 0.521. The predicted octanol–water partition coefficient (Wildman–Crippen LogP) is 2.45. The van der Waals surface area contributed by atoms with Crippen LogP contribution in [0.5, 0.6) is 0 Å². The molecule has 2 heterocycles. The van der Waals surface area contributed by atoms with E-state index >= 15 is 0 Å². The number of nitrogens with zero attached hydrogens (tertiary/aromatic N) is 3. The second-order valence-electron chi connectivity index (χ2n) is 4.81. The molecule has 0 bridgehead atoms. The fourth-order valence-corrected chi connectivity index (χ4v) is 3.61. The van der Waals surface area contributed by atoms with Crippen LogP contribution in [0.15, 0.2) is 47.5 Å². The molecule has 1 aromatic carbocycles. The maximum atomic E-state index is 12.1. The van der Waals surface area contributed by atoms with Crippen LogP contribution in [0.25, 0.3) is 21.3 Å². The van der Waals surface area contributed by atoms with Crippen molar-refractivity contribution in [3.8, 4) is 21.3 Å². The van der Waals surface area contributed by atoms with E-state index in [0.717, 1.165) is 10.6 Å². The zero-order valence-corrected chi connectivity index (χ0v) is 13.6. The van der Waals surface area contributed by atoms with Crippen molar-refractivity contribution in [3.05, 3.63) is 42.6 Å². The van der Waals surface area contributed by atoms with Gasteiger partial charge in [0.25, 0.3) is 0 Å². The molecule has 0 unspecified atom stereocenters. The third kappa shape index (κ3) is 2.68. The zero-order chi connectivity index (χ0) is 15.7. The molecule has 0 aliphatic carbocycles. The first-order chi connectivity index (χ1) is 10.5. The highest BCUT2D eigenvalue weighted by molar-refractivity contribution is 7.89. The lowest BCUT2D eigenvalue weighted by Gasteiger charge is -2.08. The van der Waals surface area contributed by atoms with E-state index in [9.17, 15) is 8.42 Å². The van der Waals surface area contributed by atoms with Gasteiger partial charge in [-0.25, -0.2) is 12.7 Å². The summed E-state index contributed by atoms with van der Waals surface area (Å²) in [5, 5.41) is 9.74. The van der Waals surface area contributed by atoms with Crippen molar-refractivity contribution in [2.24, 2.45) is 0 Å². The Balaban J connectivity index is 1.94. The van der Waals surface area contributed by atoms with Gasteiger partial charge in [-0.3, -0.25) is 0 Å². The summed E-state index contributed by atoms with van der Waals surface area (Å²) >= 11 is 1.41. The van der Waals surface area contributed by atoms with Gasteiger partial charge >= 0.3 is 0 Å². The summed E-state index contributed by atoms with van der Waals surface area (Å²) < 4.78 is 25.3. The fourth-order valence-electron chi connectivity index (χ4n) is 1.89. The highest BCUT2D eigenvalue weighted by Gasteiger charge is 2.20. The standard InChI is InChI=1S/C14H14N4O2S2/c1-18(2)22(19,20)11-8-12(15-9-11)14-17-16-13(21-14)10-6-4-3-5-7-10/h3-9,15H,1-2H3. The number of hydrogen-bond donors (Lipinski definition) is 1. The lowest BCUT2D eigenvalue weighted by Crippen LogP contribution is -2.21. The summed E-state index contributed by atoms with van der Waals surface area (Å²) in [6, 6.07) is 11.3. The minimum Gasteiger partial charge on any atom is -0.358 e. The molecule has 0 amide bonds. The van der Waals surface area contributed by atoms with Crippen LogP contribution < -0.4 is 0 Å². The molecule has 6 nitrogen and oxygen atoms in total. The van der Waals surface area contributed by atoms with Crippen molar-refractivity contribution in [1.29, 1.82) is 0 Å². The molecule has 0 fully saturated rings. The highest BCUT2D eigenvalue weighted by Crippen LogP contribution is 2.30. The smallest absolute Gasteiger partial charge is 0.244 e. The first-order valence-electron chi connectivity index (χ1n) is 6.49. The van der Waals surface area contributed by atoms with Crippen LogP contribution in [0.3, 0.4) is 0 Å². The molecule has 1 N–H and O–H groups in total. The second kappa shape index (κ2) is 5.64. The molecule has 0 aliphatic heterocycles. The minimum atomic E-state index is -3.45. The molecule has 0 aliphatic rings. The number of hydrogen-bond acceptors (Lipinski definition) is 5. The van der Waals surface area contributed by atoms with E-state index < -0.39 is 10.0 Å². The van der Waals surface area contributed by atoms with Gasteiger partial charge in [-0.2, -0.15) is 0 Å². The van der Waals surface area contributed by atoms with Gasteiger partial charge in [-0.15, -0.1) is 10.2 Å². The van der Waals surface area contributed by atoms with Gasteiger partial charge in [0.1, 0.15) is 9.90 Å². The molecular weight excluding hydrogens is 320 g/mol. The second-order valence-corrected chi connectivity index (χ2v) is 7.94. The van der Waals surface area contributed by atoms with Gasteiger partial charge in [0.15, 0.2) is 5.01 Å². The van der Waals surface area contributed by atoms with Crippen molar-refractivity contribution in [2.75, 3.05) is 14.1 Å². The van der Waals surface area contributed by atoms with Crippen LogP contribution in [-0.4, -0.2) is 42.0 Å². The largest absolute Gasteiger partial charge is 0.358 e. The topological polar surface area (TPSA) is 79.0 Å². The number of aromatic amines is 1. The SMILES string of the molecule is CN(C)S(=O)(=O)c1c[nH]c(-c2nnc(-c3ccccc3)s2)c1. The first kappa shape index (κ1) is 14.9. The number of aromatic nitrogens is 3. The number of sulfonamides is 1. The Labute approximate surface area is 132 Å². The summed E-state index contributed by atoms with van der Waals surface area (Å²) in [6.45, 7) is 0. The van der Waals surface area contributed by atoms with Crippen LogP contribution in [0, 0.1) is 0 Å². The summed E-state index contributed by atoms with van der Waals surface area (Å²) in [4.78, 5) is 3.16. The van der Waals surface area contributed by atoms with E-state index in [1.54, 1.807) is 6.07 Å².